The average Bonchev–Trinajstić information content (AvgIpc) is 3.29. The molecule has 0 radical (unpaired) electrons. The van der Waals surface area contributed by atoms with E-state index in [1.807, 2.05) is 11.6 Å². The maximum Gasteiger partial charge on any atom is 0.192 e. The Hall–Kier alpha value is -0.900. The van der Waals surface area contributed by atoms with Crippen molar-refractivity contribution in [3.63, 3.8) is 0 Å². The molecule has 1 spiro atoms. The number of aliphatic imine (C=N–C) groups is 1. The Bertz CT molecular complexity index is 684. The molecular weight excluding hydrogens is 467 g/mol. The second-order valence-electron chi connectivity index (χ2n) is 8.22. The van der Waals surface area contributed by atoms with Crippen molar-refractivity contribution in [1.82, 2.24) is 25.4 Å². The van der Waals surface area contributed by atoms with Crippen LogP contribution in [-0.4, -0.2) is 46.0 Å². The van der Waals surface area contributed by atoms with Crippen molar-refractivity contribution in [2.75, 3.05) is 13.2 Å². The van der Waals surface area contributed by atoms with Crippen LogP contribution in [0.3, 0.4) is 0 Å². The van der Waals surface area contributed by atoms with Crippen LogP contribution in [0.4, 0.5) is 0 Å². The number of rotatable bonds is 5. The fraction of sp³-hybridized carbons (Fsp3) is 0.850. The van der Waals surface area contributed by atoms with E-state index < -0.39 is 0 Å². The molecule has 1 aromatic rings. The standard InChI is InChI=1S/C20H34N6O.HI/c1-4-21-19(23-15-9-8-12-26-18(15)22-14(3)25-26)24-16-13-17(27-5-2)20(16)10-6-7-11-20;/h15-17H,4-13H2,1-3H3,(H2,21,23,24);1H. The molecule has 158 valence electrons. The summed E-state index contributed by atoms with van der Waals surface area (Å²) in [5, 5.41) is 11.9. The minimum Gasteiger partial charge on any atom is -0.378 e. The van der Waals surface area contributed by atoms with Gasteiger partial charge in [0.1, 0.15) is 11.6 Å². The van der Waals surface area contributed by atoms with Crippen LogP contribution >= 0.6 is 24.0 Å². The molecule has 8 heteroatoms. The van der Waals surface area contributed by atoms with E-state index in [0.29, 0.717) is 17.6 Å². The lowest BCUT2D eigenvalue weighted by molar-refractivity contribution is -0.125. The highest BCUT2D eigenvalue weighted by Crippen LogP contribution is 2.54. The van der Waals surface area contributed by atoms with Gasteiger partial charge in [-0.25, -0.2) is 9.67 Å². The highest BCUT2D eigenvalue weighted by Gasteiger charge is 2.57. The Balaban J connectivity index is 0.00000225. The Morgan fingerprint density at radius 2 is 2.04 bits per heavy atom. The van der Waals surface area contributed by atoms with Crippen LogP contribution in [0.25, 0.3) is 0 Å². The van der Waals surface area contributed by atoms with E-state index in [1.165, 1.54) is 25.7 Å². The van der Waals surface area contributed by atoms with Crippen molar-refractivity contribution >= 4 is 29.9 Å². The largest absolute Gasteiger partial charge is 0.378 e. The number of aryl methyl sites for hydroxylation is 2. The highest BCUT2D eigenvalue weighted by atomic mass is 127. The Morgan fingerprint density at radius 3 is 2.75 bits per heavy atom. The van der Waals surface area contributed by atoms with Gasteiger partial charge < -0.3 is 15.4 Å². The first-order valence-electron chi connectivity index (χ1n) is 10.8. The van der Waals surface area contributed by atoms with E-state index in [1.54, 1.807) is 0 Å². The lowest BCUT2D eigenvalue weighted by atomic mass is 9.60. The van der Waals surface area contributed by atoms with E-state index in [0.717, 1.165) is 56.6 Å². The van der Waals surface area contributed by atoms with Gasteiger partial charge in [0.15, 0.2) is 5.96 Å². The smallest absolute Gasteiger partial charge is 0.192 e. The molecule has 1 aromatic heterocycles. The maximum atomic E-state index is 6.06. The molecule has 1 aliphatic heterocycles. The van der Waals surface area contributed by atoms with Gasteiger partial charge in [-0.1, -0.05) is 12.8 Å². The summed E-state index contributed by atoms with van der Waals surface area (Å²) < 4.78 is 8.11. The van der Waals surface area contributed by atoms with Gasteiger partial charge in [0.05, 0.1) is 12.1 Å². The molecule has 7 nitrogen and oxygen atoms in total. The summed E-state index contributed by atoms with van der Waals surface area (Å²) >= 11 is 0. The second kappa shape index (κ2) is 9.28. The molecule has 0 saturated heterocycles. The molecule has 0 bridgehead atoms. The molecule has 2 heterocycles. The number of guanidine groups is 1. The molecule has 2 fully saturated rings. The molecule has 28 heavy (non-hydrogen) atoms. The van der Waals surface area contributed by atoms with Gasteiger partial charge in [0, 0.05) is 31.2 Å². The average molecular weight is 502 g/mol. The third-order valence-corrected chi connectivity index (χ3v) is 6.61. The summed E-state index contributed by atoms with van der Waals surface area (Å²) in [5.41, 5.74) is 0.301. The Labute approximate surface area is 185 Å². The molecule has 2 aliphatic carbocycles. The number of fused-ring (bicyclic) bond motifs is 1. The van der Waals surface area contributed by atoms with Crippen LogP contribution in [0.1, 0.15) is 76.5 Å². The first-order chi connectivity index (χ1) is 13.2. The number of halogens is 1. The fourth-order valence-corrected chi connectivity index (χ4v) is 5.32. The van der Waals surface area contributed by atoms with E-state index in [2.05, 4.69) is 34.6 Å². The molecule has 2 saturated carbocycles. The molecule has 0 aromatic carbocycles. The number of nitrogens with zero attached hydrogens (tertiary/aromatic N) is 4. The molecule has 3 unspecified atom stereocenters. The second-order valence-corrected chi connectivity index (χ2v) is 8.22. The summed E-state index contributed by atoms with van der Waals surface area (Å²) in [5.74, 6) is 2.81. The van der Waals surface area contributed by atoms with Crippen LogP contribution in [0.2, 0.25) is 0 Å². The SMILES string of the molecule is CCN=C(NC1CCCn2nc(C)nc21)NC1CC(OCC)C12CCCC2.I. The molecule has 4 rings (SSSR count). The van der Waals surface area contributed by atoms with E-state index in [9.17, 15) is 0 Å². The fourth-order valence-electron chi connectivity index (χ4n) is 5.32. The molecular formula is C20H35IN6O. The minimum absolute atomic E-state index is 0. The molecule has 3 atom stereocenters. The summed E-state index contributed by atoms with van der Waals surface area (Å²) in [6.07, 6.45) is 8.86. The van der Waals surface area contributed by atoms with E-state index in [4.69, 9.17) is 9.73 Å². The van der Waals surface area contributed by atoms with Crippen molar-refractivity contribution in [2.24, 2.45) is 10.4 Å². The lowest BCUT2D eigenvalue weighted by Crippen LogP contribution is -2.65. The van der Waals surface area contributed by atoms with Gasteiger partial charge in [0.25, 0.3) is 0 Å². The van der Waals surface area contributed by atoms with E-state index in [-0.39, 0.29) is 30.0 Å². The molecule has 3 aliphatic rings. The molecule has 2 N–H and O–H groups in total. The number of hydrogen-bond donors (Lipinski definition) is 2. The topological polar surface area (TPSA) is 76.4 Å². The quantitative estimate of drug-likeness (QED) is 0.367. The predicted octanol–water partition coefficient (Wildman–Crippen LogP) is 3.33. The highest BCUT2D eigenvalue weighted by molar-refractivity contribution is 14.0. The number of aromatic nitrogens is 3. The summed E-state index contributed by atoms with van der Waals surface area (Å²) in [7, 11) is 0. The van der Waals surface area contributed by atoms with Crippen molar-refractivity contribution in [2.45, 2.75) is 90.4 Å². The van der Waals surface area contributed by atoms with Crippen LogP contribution in [0.15, 0.2) is 4.99 Å². The molecule has 0 amide bonds. The Kier molecular flexibility index (Phi) is 7.22. The predicted molar refractivity (Wildman–Crippen MR) is 121 cm³/mol. The zero-order valence-corrected chi connectivity index (χ0v) is 19.7. The van der Waals surface area contributed by atoms with Crippen molar-refractivity contribution in [3.8, 4) is 0 Å². The summed E-state index contributed by atoms with van der Waals surface area (Å²) in [4.78, 5) is 9.39. The van der Waals surface area contributed by atoms with Gasteiger partial charge in [-0.2, -0.15) is 5.10 Å². The van der Waals surface area contributed by atoms with Crippen LogP contribution in [0, 0.1) is 12.3 Å². The monoisotopic (exact) mass is 502 g/mol. The third-order valence-electron chi connectivity index (χ3n) is 6.61. The van der Waals surface area contributed by atoms with Gasteiger partial charge in [-0.05, 0) is 52.9 Å². The number of ether oxygens (including phenoxy) is 1. The maximum absolute atomic E-state index is 6.06. The van der Waals surface area contributed by atoms with Gasteiger partial charge >= 0.3 is 0 Å². The van der Waals surface area contributed by atoms with Crippen molar-refractivity contribution in [3.05, 3.63) is 11.6 Å². The number of nitrogens with one attached hydrogen (secondary N) is 2. The zero-order valence-electron chi connectivity index (χ0n) is 17.4. The third kappa shape index (κ3) is 4.04. The number of hydrogen-bond acceptors (Lipinski definition) is 4. The van der Waals surface area contributed by atoms with Crippen molar-refractivity contribution in [1.29, 1.82) is 0 Å². The van der Waals surface area contributed by atoms with E-state index >= 15 is 0 Å². The first-order valence-corrected chi connectivity index (χ1v) is 10.8. The first kappa shape index (κ1) is 21.8. The van der Waals surface area contributed by atoms with Crippen LogP contribution in [0.5, 0.6) is 0 Å². The van der Waals surface area contributed by atoms with Gasteiger partial charge in [-0.3, -0.25) is 4.99 Å². The van der Waals surface area contributed by atoms with Gasteiger partial charge in [0.2, 0.25) is 0 Å². The van der Waals surface area contributed by atoms with Gasteiger partial charge in [-0.15, -0.1) is 24.0 Å². The summed E-state index contributed by atoms with van der Waals surface area (Å²) in [6, 6.07) is 0.637. The van der Waals surface area contributed by atoms with Crippen LogP contribution < -0.4 is 10.6 Å². The summed E-state index contributed by atoms with van der Waals surface area (Å²) in [6.45, 7) is 8.70. The zero-order chi connectivity index (χ0) is 18.9. The van der Waals surface area contributed by atoms with Crippen LogP contribution in [-0.2, 0) is 11.3 Å². The van der Waals surface area contributed by atoms with Crippen molar-refractivity contribution < 1.29 is 4.74 Å². The Morgan fingerprint density at radius 1 is 1.25 bits per heavy atom. The lowest BCUT2D eigenvalue weighted by Gasteiger charge is -2.54. The normalized spacial score (nSPS) is 28.4. The minimum atomic E-state index is 0.